The van der Waals surface area contributed by atoms with Gasteiger partial charge in [0.15, 0.2) is 0 Å². The Kier molecular flexibility index (Phi) is 53.4. The lowest BCUT2D eigenvalue weighted by atomic mass is 9.94. The third kappa shape index (κ3) is 47.3. The highest BCUT2D eigenvalue weighted by molar-refractivity contribution is 6.04. The van der Waals surface area contributed by atoms with Gasteiger partial charge in [0, 0.05) is 88.4 Å². The minimum Gasteiger partial charge on any atom is -0.492 e. The number of imide groups is 1. The molecule has 0 spiro atoms. The molecule has 8 amide bonds. The highest BCUT2D eigenvalue weighted by atomic mass is 16.6. The Bertz CT molecular complexity index is 2050. The number of rotatable bonds is 65. The van der Waals surface area contributed by atoms with Gasteiger partial charge in [0.1, 0.15) is 12.4 Å². The van der Waals surface area contributed by atoms with Gasteiger partial charge in [0.2, 0.25) is 35.4 Å². The zero-order valence-corrected chi connectivity index (χ0v) is 58.0. The van der Waals surface area contributed by atoms with Crippen molar-refractivity contribution in [2.45, 2.75) is 227 Å². The zero-order valence-electron chi connectivity index (χ0n) is 58.0. The monoisotopic (exact) mass is 1320 g/mol. The van der Waals surface area contributed by atoms with Crippen molar-refractivity contribution in [1.29, 1.82) is 0 Å². The van der Waals surface area contributed by atoms with Gasteiger partial charge in [0.05, 0.1) is 85.8 Å². The number of hydrogen-bond donors (Lipinski definition) is 6. The van der Waals surface area contributed by atoms with Crippen LogP contribution >= 0.6 is 0 Å². The van der Waals surface area contributed by atoms with E-state index in [0.717, 1.165) is 38.5 Å². The summed E-state index contributed by atoms with van der Waals surface area (Å²) in [6.45, 7) is 13.5. The van der Waals surface area contributed by atoms with Crippen LogP contribution in [0.4, 0.5) is 0 Å². The molecule has 2 rings (SSSR count). The standard InChI is InChI=1S/C71H125N7O15/c1-5-7-9-11-13-15-17-19-21-23-25-27-29-31-64(79)72-35-43-88-46-38-76-69(84)60-55-61(70(85)77-39-47-89-44-36-73-65(80)32-30-28-26-24-22-20-18-16-14-12-10-8-6-2)57-62(56-60)93-48-40-75-67(82)34-42-87-49-51-91-53-54-92-52-50-90-45-37-74-66(81)33-41-78-68(83)58-63(59(3)4)71(78)86/h55-57,59,63H,5-54,58H2,1-4H3,(H,72,79)(H,73,80)(H,74,81)(H,75,82)(H,76,84)(H,77,85). The van der Waals surface area contributed by atoms with Gasteiger partial charge in [-0.2, -0.15) is 0 Å². The summed E-state index contributed by atoms with van der Waals surface area (Å²) in [6, 6.07) is 4.53. The fourth-order valence-corrected chi connectivity index (χ4v) is 10.5. The molecule has 0 aromatic heterocycles. The Balaban J connectivity index is 1.64. The van der Waals surface area contributed by atoms with E-state index in [2.05, 4.69) is 45.7 Å². The van der Waals surface area contributed by atoms with E-state index in [-0.39, 0.29) is 149 Å². The van der Waals surface area contributed by atoms with Gasteiger partial charge in [-0.15, -0.1) is 0 Å². The van der Waals surface area contributed by atoms with Gasteiger partial charge >= 0.3 is 0 Å². The smallest absolute Gasteiger partial charge is 0.251 e. The van der Waals surface area contributed by atoms with Crippen molar-refractivity contribution in [2.75, 3.05) is 132 Å². The van der Waals surface area contributed by atoms with Crippen LogP contribution in [0.1, 0.15) is 247 Å². The normalized spacial score (nSPS) is 13.0. The van der Waals surface area contributed by atoms with Gasteiger partial charge < -0.3 is 65.1 Å². The Morgan fingerprint density at radius 2 is 0.699 bits per heavy atom. The zero-order chi connectivity index (χ0) is 67.5. The maximum Gasteiger partial charge on any atom is 0.251 e. The number of carbonyl (C=O) groups is 8. The minimum atomic E-state index is -0.443. The fourth-order valence-electron chi connectivity index (χ4n) is 10.5. The highest BCUT2D eigenvalue weighted by Crippen LogP contribution is 2.26. The van der Waals surface area contributed by atoms with Crippen LogP contribution in [0.5, 0.6) is 5.75 Å². The lowest BCUT2D eigenvalue weighted by molar-refractivity contribution is -0.140. The maximum absolute atomic E-state index is 13.4. The van der Waals surface area contributed by atoms with Crippen LogP contribution in [0.15, 0.2) is 18.2 Å². The molecule has 1 saturated heterocycles. The van der Waals surface area contributed by atoms with Crippen molar-refractivity contribution in [1.82, 2.24) is 36.8 Å². The third-order valence-electron chi connectivity index (χ3n) is 16.1. The second-order valence-electron chi connectivity index (χ2n) is 24.6. The first-order valence-electron chi connectivity index (χ1n) is 36.1. The molecular weight excluding hydrogens is 1190 g/mol. The number of hydrogen-bond acceptors (Lipinski definition) is 15. The molecule has 93 heavy (non-hydrogen) atoms. The first-order chi connectivity index (χ1) is 45.4. The van der Waals surface area contributed by atoms with Gasteiger partial charge in [-0.05, 0) is 37.0 Å². The molecule has 0 radical (unpaired) electrons. The molecule has 6 N–H and O–H groups in total. The van der Waals surface area contributed by atoms with Crippen molar-refractivity contribution in [2.24, 2.45) is 11.8 Å². The summed E-state index contributed by atoms with van der Waals surface area (Å²) in [6.07, 6.45) is 34.0. The van der Waals surface area contributed by atoms with Crippen LogP contribution in [-0.4, -0.2) is 184 Å². The summed E-state index contributed by atoms with van der Waals surface area (Å²) in [5.41, 5.74) is 0.380. The summed E-state index contributed by atoms with van der Waals surface area (Å²) >= 11 is 0. The van der Waals surface area contributed by atoms with E-state index in [1.54, 1.807) is 0 Å². The highest BCUT2D eigenvalue weighted by Gasteiger charge is 2.39. The van der Waals surface area contributed by atoms with Crippen LogP contribution in [0, 0.1) is 11.8 Å². The Labute approximate surface area is 558 Å². The minimum absolute atomic E-state index is 0.0130. The number of amides is 8. The molecule has 22 heteroatoms. The van der Waals surface area contributed by atoms with Crippen LogP contribution in [0.25, 0.3) is 0 Å². The molecule has 1 aromatic rings. The van der Waals surface area contributed by atoms with Crippen LogP contribution < -0.4 is 36.6 Å². The Morgan fingerprint density at radius 3 is 1.08 bits per heavy atom. The van der Waals surface area contributed by atoms with Crippen molar-refractivity contribution in [3.63, 3.8) is 0 Å². The first-order valence-corrected chi connectivity index (χ1v) is 36.1. The van der Waals surface area contributed by atoms with Gasteiger partial charge in [-0.25, -0.2) is 0 Å². The molecule has 22 nitrogen and oxygen atoms in total. The number of likely N-dealkylation sites (tertiary alicyclic amines) is 1. The lowest BCUT2D eigenvalue weighted by Gasteiger charge is -2.16. The number of nitrogens with one attached hydrogen (secondary N) is 6. The molecule has 0 aliphatic carbocycles. The average molecular weight is 1320 g/mol. The summed E-state index contributed by atoms with van der Waals surface area (Å²) < 4.78 is 39.4. The molecule has 1 heterocycles. The van der Waals surface area contributed by atoms with Crippen molar-refractivity contribution in [3.05, 3.63) is 29.3 Å². The van der Waals surface area contributed by atoms with Crippen LogP contribution in [0.2, 0.25) is 0 Å². The fraction of sp³-hybridized carbons (Fsp3) is 0.803. The molecule has 1 aliphatic rings. The number of carbonyl (C=O) groups excluding carboxylic acids is 8. The summed E-state index contributed by atoms with van der Waals surface area (Å²) in [5.74, 6) is -1.78. The molecule has 1 fully saturated rings. The molecule has 1 aromatic carbocycles. The quantitative estimate of drug-likeness (QED) is 0.0261. The second-order valence-corrected chi connectivity index (χ2v) is 24.6. The van der Waals surface area contributed by atoms with Crippen LogP contribution in [-0.2, 0) is 57.2 Å². The van der Waals surface area contributed by atoms with Gasteiger partial charge in [-0.3, -0.25) is 43.3 Å². The number of nitrogens with zero attached hydrogens (tertiary/aromatic N) is 1. The van der Waals surface area contributed by atoms with E-state index in [1.807, 2.05) is 13.8 Å². The van der Waals surface area contributed by atoms with E-state index in [0.29, 0.717) is 78.7 Å². The molecule has 0 bridgehead atoms. The summed E-state index contributed by atoms with van der Waals surface area (Å²) in [5, 5.41) is 17.0. The number of benzene rings is 1. The topological polar surface area (TPSA) is 277 Å². The predicted molar refractivity (Wildman–Crippen MR) is 363 cm³/mol. The molecule has 1 atom stereocenters. The lowest BCUT2D eigenvalue weighted by Crippen LogP contribution is -2.36. The molecule has 1 aliphatic heterocycles. The summed E-state index contributed by atoms with van der Waals surface area (Å²) in [4.78, 5) is 102. The molecule has 0 saturated carbocycles. The molecular formula is C71H125N7O15. The predicted octanol–water partition coefficient (Wildman–Crippen LogP) is 9.86. The van der Waals surface area contributed by atoms with E-state index in [9.17, 15) is 38.4 Å². The Hall–Kier alpha value is -5.26. The third-order valence-corrected chi connectivity index (χ3v) is 16.1. The van der Waals surface area contributed by atoms with E-state index >= 15 is 0 Å². The molecule has 1 unspecified atom stereocenters. The van der Waals surface area contributed by atoms with E-state index in [4.69, 9.17) is 33.2 Å². The molecule has 534 valence electrons. The van der Waals surface area contributed by atoms with E-state index < -0.39 is 11.8 Å². The van der Waals surface area contributed by atoms with Crippen molar-refractivity contribution >= 4 is 47.3 Å². The van der Waals surface area contributed by atoms with Crippen molar-refractivity contribution < 1.29 is 71.5 Å². The second kappa shape index (κ2) is 59.3. The summed E-state index contributed by atoms with van der Waals surface area (Å²) in [7, 11) is 0. The Morgan fingerprint density at radius 1 is 0.387 bits per heavy atom. The number of ether oxygens (including phenoxy) is 7. The largest absolute Gasteiger partial charge is 0.492 e. The average Bonchev–Trinajstić information content (AvgIpc) is 1.87. The van der Waals surface area contributed by atoms with Crippen LogP contribution in [0.3, 0.4) is 0 Å². The van der Waals surface area contributed by atoms with Gasteiger partial charge in [0.25, 0.3) is 11.8 Å². The maximum atomic E-state index is 13.4. The van der Waals surface area contributed by atoms with Gasteiger partial charge in [-0.1, -0.05) is 182 Å². The SMILES string of the molecule is CCCCCCCCCCCCCCCC(=O)NCCOCCNC(=O)c1cc(OCCNC(=O)CCOCCOCCOCCOCCNC(=O)CCN2C(=O)CC(C(C)C)C2=O)cc(C(=O)NCCOCCNC(=O)CCCCCCCCCCCCCCC)c1. The van der Waals surface area contributed by atoms with Crippen molar-refractivity contribution in [3.8, 4) is 5.75 Å². The van der Waals surface area contributed by atoms with E-state index in [1.165, 1.54) is 152 Å². The number of unbranched alkanes of at least 4 members (excludes halogenated alkanes) is 24. The first kappa shape index (κ1) is 83.8.